The second kappa shape index (κ2) is 5.02. The van der Waals surface area contributed by atoms with Gasteiger partial charge in [0.05, 0.1) is 6.61 Å². The Labute approximate surface area is 108 Å². The van der Waals surface area contributed by atoms with Gasteiger partial charge in [-0.15, -0.1) is 0 Å². The molecule has 3 nitrogen and oxygen atoms in total. The lowest BCUT2D eigenvalue weighted by atomic mass is 10.1. The summed E-state index contributed by atoms with van der Waals surface area (Å²) in [6.07, 6.45) is 5.89. The molecule has 0 bridgehead atoms. The van der Waals surface area contributed by atoms with Crippen LogP contribution in [-0.2, 0) is 6.42 Å². The van der Waals surface area contributed by atoms with Gasteiger partial charge in [0.15, 0.2) is 0 Å². The van der Waals surface area contributed by atoms with Gasteiger partial charge in [0.1, 0.15) is 5.75 Å². The van der Waals surface area contributed by atoms with Crippen LogP contribution in [0.4, 0.5) is 0 Å². The molecule has 1 saturated carbocycles. The van der Waals surface area contributed by atoms with E-state index in [1.807, 2.05) is 13.0 Å². The lowest BCUT2D eigenvalue weighted by Gasteiger charge is -2.04. The summed E-state index contributed by atoms with van der Waals surface area (Å²) in [4.78, 5) is 3.33. The van der Waals surface area contributed by atoms with Crippen LogP contribution in [0.1, 0.15) is 25.3 Å². The molecule has 1 aliphatic rings. The fraction of sp³-hybridized carbons (Fsp3) is 0.467. The topological polar surface area (TPSA) is 37.0 Å². The van der Waals surface area contributed by atoms with Crippen LogP contribution >= 0.6 is 0 Å². The number of ether oxygens (including phenoxy) is 1. The average molecular weight is 244 g/mol. The second-order valence-corrected chi connectivity index (χ2v) is 4.93. The fourth-order valence-corrected chi connectivity index (χ4v) is 2.32. The summed E-state index contributed by atoms with van der Waals surface area (Å²) < 4.78 is 5.56. The Morgan fingerprint density at radius 1 is 1.39 bits per heavy atom. The molecule has 0 unspecified atom stereocenters. The van der Waals surface area contributed by atoms with Crippen molar-refractivity contribution in [2.75, 3.05) is 13.2 Å². The van der Waals surface area contributed by atoms with Gasteiger partial charge in [-0.05, 0) is 56.5 Å². The maximum atomic E-state index is 5.56. The van der Waals surface area contributed by atoms with Crippen LogP contribution in [-0.4, -0.2) is 24.2 Å². The zero-order chi connectivity index (χ0) is 12.4. The van der Waals surface area contributed by atoms with Crippen molar-refractivity contribution < 1.29 is 4.74 Å². The summed E-state index contributed by atoms with van der Waals surface area (Å²) in [5, 5.41) is 4.84. The lowest BCUT2D eigenvalue weighted by Crippen LogP contribution is -2.19. The highest BCUT2D eigenvalue weighted by atomic mass is 16.5. The van der Waals surface area contributed by atoms with Gasteiger partial charge in [-0.1, -0.05) is 0 Å². The maximum Gasteiger partial charge on any atom is 0.120 e. The molecule has 0 aliphatic heterocycles. The summed E-state index contributed by atoms with van der Waals surface area (Å²) in [6.45, 7) is 3.80. The first-order chi connectivity index (χ1) is 8.86. The number of nitrogens with one attached hydrogen (secondary N) is 2. The number of rotatable bonds is 6. The second-order valence-electron chi connectivity index (χ2n) is 4.93. The fourth-order valence-electron chi connectivity index (χ4n) is 2.32. The molecule has 96 valence electrons. The summed E-state index contributed by atoms with van der Waals surface area (Å²) in [5.41, 5.74) is 2.57. The Balaban J connectivity index is 1.74. The van der Waals surface area contributed by atoms with Crippen molar-refractivity contribution >= 4 is 10.9 Å². The first-order valence-electron chi connectivity index (χ1n) is 6.83. The van der Waals surface area contributed by atoms with E-state index in [1.54, 1.807) is 0 Å². The number of aromatic nitrogens is 1. The maximum absolute atomic E-state index is 5.56. The van der Waals surface area contributed by atoms with Gasteiger partial charge in [-0.3, -0.25) is 0 Å². The minimum Gasteiger partial charge on any atom is -0.494 e. The van der Waals surface area contributed by atoms with Gasteiger partial charge in [-0.25, -0.2) is 0 Å². The van der Waals surface area contributed by atoms with Crippen LogP contribution in [0.15, 0.2) is 24.4 Å². The third-order valence-electron chi connectivity index (χ3n) is 3.45. The molecular weight excluding hydrogens is 224 g/mol. The van der Waals surface area contributed by atoms with E-state index in [0.29, 0.717) is 6.61 Å². The SMILES string of the molecule is CCOc1ccc2[nH]cc(CCNC3CC3)c2c1. The largest absolute Gasteiger partial charge is 0.494 e. The molecule has 1 heterocycles. The van der Waals surface area contributed by atoms with Gasteiger partial charge >= 0.3 is 0 Å². The smallest absolute Gasteiger partial charge is 0.120 e. The van der Waals surface area contributed by atoms with Crippen LogP contribution in [0.25, 0.3) is 10.9 Å². The average Bonchev–Trinajstić information content (AvgIpc) is 3.11. The molecule has 2 N–H and O–H groups in total. The third-order valence-corrected chi connectivity index (χ3v) is 3.45. The molecule has 0 saturated heterocycles. The summed E-state index contributed by atoms with van der Waals surface area (Å²) in [7, 11) is 0. The number of benzene rings is 1. The Kier molecular flexibility index (Phi) is 3.24. The molecule has 3 heteroatoms. The van der Waals surface area contributed by atoms with Gasteiger partial charge in [0, 0.05) is 23.1 Å². The van der Waals surface area contributed by atoms with Gasteiger partial charge in [0.25, 0.3) is 0 Å². The molecule has 18 heavy (non-hydrogen) atoms. The molecule has 0 atom stereocenters. The van der Waals surface area contributed by atoms with E-state index in [-0.39, 0.29) is 0 Å². The van der Waals surface area contributed by atoms with E-state index in [2.05, 4.69) is 28.6 Å². The van der Waals surface area contributed by atoms with Crippen LogP contribution in [0.3, 0.4) is 0 Å². The number of aromatic amines is 1. The highest BCUT2D eigenvalue weighted by molar-refractivity contribution is 5.84. The van der Waals surface area contributed by atoms with Crippen molar-refractivity contribution in [2.24, 2.45) is 0 Å². The number of fused-ring (bicyclic) bond motifs is 1. The number of H-pyrrole nitrogens is 1. The molecule has 0 spiro atoms. The van der Waals surface area contributed by atoms with E-state index in [4.69, 9.17) is 4.74 Å². The van der Waals surface area contributed by atoms with Crippen LogP contribution < -0.4 is 10.1 Å². The normalized spacial score (nSPS) is 15.2. The van der Waals surface area contributed by atoms with Crippen molar-refractivity contribution in [3.8, 4) is 5.75 Å². The van der Waals surface area contributed by atoms with Gasteiger partial charge in [-0.2, -0.15) is 0 Å². The van der Waals surface area contributed by atoms with Crippen molar-refractivity contribution in [3.63, 3.8) is 0 Å². The molecule has 1 aromatic carbocycles. The first kappa shape index (κ1) is 11.6. The molecule has 1 aliphatic carbocycles. The van der Waals surface area contributed by atoms with E-state index < -0.39 is 0 Å². The summed E-state index contributed by atoms with van der Waals surface area (Å²) >= 11 is 0. The quantitative estimate of drug-likeness (QED) is 0.820. The predicted octanol–water partition coefficient (Wildman–Crippen LogP) is 2.86. The molecule has 2 aromatic rings. The zero-order valence-corrected chi connectivity index (χ0v) is 10.8. The Hall–Kier alpha value is -1.48. The van der Waals surface area contributed by atoms with Crippen LogP contribution in [0.5, 0.6) is 5.75 Å². The van der Waals surface area contributed by atoms with Gasteiger partial charge in [0.2, 0.25) is 0 Å². The van der Waals surface area contributed by atoms with Crippen molar-refractivity contribution in [2.45, 2.75) is 32.2 Å². The molecule has 3 rings (SSSR count). The first-order valence-corrected chi connectivity index (χ1v) is 6.83. The van der Waals surface area contributed by atoms with Gasteiger partial charge < -0.3 is 15.0 Å². The van der Waals surface area contributed by atoms with Crippen LogP contribution in [0, 0.1) is 0 Å². The Morgan fingerprint density at radius 3 is 3.06 bits per heavy atom. The molecular formula is C15H20N2O. The minimum atomic E-state index is 0.717. The highest BCUT2D eigenvalue weighted by Crippen LogP contribution is 2.24. The molecule has 1 fully saturated rings. The third kappa shape index (κ3) is 2.51. The van der Waals surface area contributed by atoms with Crippen LogP contribution in [0.2, 0.25) is 0 Å². The highest BCUT2D eigenvalue weighted by Gasteiger charge is 2.19. The van der Waals surface area contributed by atoms with Crippen molar-refractivity contribution in [1.29, 1.82) is 0 Å². The van der Waals surface area contributed by atoms with E-state index in [0.717, 1.165) is 24.8 Å². The van der Waals surface area contributed by atoms with E-state index in [1.165, 1.54) is 29.3 Å². The number of hydrogen-bond donors (Lipinski definition) is 2. The van der Waals surface area contributed by atoms with Crippen molar-refractivity contribution in [3.05, 3.63) is 30.0 Å². The number of hydrogen-bond acceptors (Lipinski definition) is 2. The Morgan fingerprint density at radius 2 is 2.28 bits per heavy atom. The molecule has 0 radical (unpaired) electrons. The van der Waals surface area contributed by atoms with E-state index in [9.17, 15) is 0 Å². The lowest BCUT2D eigenvalue weighted by molar-refractivity contribution is 0.340. The monoisotopic (exact) mass is 244 g/mol. The predicted molar refractivity (Wildman–Crippen MR) is 74.2 cm³/mol. The summed E-state index contributed by atoms with van der Waals surface area (Å²) in [6, 6.07) is 7.04. The molecule has 1 aromatic heterocycles. The molecule has 0 amide bonds. The zero-order valence-electron chi connectivity index (χ0n) is 10.8. The van der Waals surface area contributed by atoms with Crippen molar-refractivity contribution in [1.82, 2.24) is 10.3 Å². The summed E-state index contributed by atoms with van der Waals surface area (Å²) in [5.74, 6) is 0.959. The Bertz CT molecular complexity index is 528. The minimum absolute atomic E-state index is 0.717. The van der Waals surface area contributed by atoms with E-state index >= 15 is 0 Å². The standard InChI is InChI=1S/C15H20N2O/c1-2-18-13-5-6-15-14(9-13)11(10-17-15)7-8-16-12-3-4-12/h5-6,9-10,12,16-17H,2-4,7-8H2,1H3.